The molecule has 0 aliphatic carbocycles. The first-order chi connectivity index (χ1) is 9.90. The van der Waals surface area contributed by atoms with Gasteiger partial charge in [0.2, 0.25) is 10.0 Å². The number of sulfonamides is 1. The van der Waals surface area contributed by atoms with E-state index in [1.54, 1.807) is 18.2 Å². The molecule has 0 amide bonds. The minimum absolute atomic E-state index is 0.126. The van der Waals surface area contributed by atoms with E-state index in [4.69, 9.17) is 15.2 Å². The van der Waals surface area contributed by atoms with Gasteiger partial charge in [-0.1, -0.05) is 6.07 Å². The summed E-state index contributed by atoms with van der Waals surface area (Å²) in [7, 11) is -2.23. The maximum Gasteiger partial charge on any atom is 0.244 e. The van der Waals surface area contributed by atoms with E-state index in [1.165, 1.54) is 7.11 Å². The third-order valence-corrected chi connectivity index (χ3v) is 5.39. The standard InChI is InChI=1S/C14H22N2O4S/c1-14(5-7-20-8-6-14)16-21(17,18)13-9-11(10-15)3-4-12(13)19-2/h3-4,9,16H,5-8,10,15H2,1-2H3. The van der Waals surface area contributed by atoms with Crippen molar-refractivity contribution in [2.45, 2.75) is 36.7 Å². The van der Waals surface area contributed by atoms with E-state index in [0.29, 0.717) is 31.8 Å². The molecular formula is C14H22N2O4S. The van der Waals surface area contributed by atoms with Gasteiger partial charge in [0.05, 0.1) is 7.11 Å². The molecule has 1 aromatic rings. The Balaban J connectivity index is 2.34. The third-order valence-electron chi connectivity index (χ3n) is 3.73. The molecule has 1 aromatic carbocycles. The van der Waals surface area contributed by atoms with Crippen molar-refractivity contribution >= 4 is 10.0 Å². The molecule has 1 aliphatic rings. The molecule has 21 heavy (non-hydrogen) atoms. The second kappa shape index (κ2) is 6.31. The van der Waals surface area contributed by atoms with Crippen molar-refractivity contribution in [1.29, 1.82) is 0 Å². The monoisotopic (exact) mass is 314 g/mol. The van der Waals surface area contributed by atoms with Crippen LogP contribution in [-0.2, 0) is 21.3 Å². The summed E-state index contributed by atoms with van der Waals surface area (Å²) in [5, 5.41) is 0. The minimum Gasteiger partial charge on any atom is -0.495 e. The Morgan fingerprint density at radius 2 is 2.05 bits per heavy atom. The highest BCUT2D eigenvalue weighted by Gasteiger charge is 2.33. The van der Waals surface area contributed by atoms with Gasteiger partial charge in [0.1, 0.15) is 10.6 Å². The van der Waals surface area contributed by atoms with Crippen molar-refractivity contribution in [1.82, 2.24) is 4.72 Å². The average Bonchev–Trinajstić information content (AvgIpc) is 2.46. The molecule has 1 saturated heterocycles. The van der Waals surface area contributed by atoms with E-state index in [1.807, 2.05) is 6.92 Å². The van der Waals surface area contributed by atoms with E-state index in [2.05, 4.69) is 4.72 Å². The number of methoxy groups -OCH3 is 1. The SMILES string of the molecule is COc1ccc(CN)cc1S(=O)(=O)NC1(C)CCOCC1. The van der Waals surface area contributed by atoms with Crippen LogP contribution in [0.4, 0.5) is 0 Å². The van der Waals surface area contributed by atoms with Crippen molar-refractivity contribution < 1.29 is 17.9 Å². The highest BCUT2D eigenvalue weighted by atomic mass is 32.2. The van der Waals surface area contributed by atoms with Crippen LogP contribution in [0.3, 0.4) is 0 Å². The van der Waals surface area contributed by atoms with Crippen LogP contribution in [0.25, 0.3) is 0 Å². The lowest BCUT2D eigenvalue weighted by Gasteiger charge is -2.34. The fraction of sp³-hybridized carbons (Fsp3) is 0.571. The predicted molar refractivity (Wildman–Crippen MR) is 79.7 cm³/mol. The smallest absolute Gasteiger partial charge is 0.244 e. The van der Waals surface area contributed by atoms with Crippen molar-refractivity contribution in [3.05, 3.63) is 23.8 Å². The Bertz CT molecular complexity index is 595. The lowest BCUT2D eigenvalue weighted by atomic mass is 9.94. The summed E-state index contributed by atoms with van der Waals surface area (Å²) in [4.78, 5) is 0.126. The fourth-order valence-electron chi connectivity index (χ4n) is 2.36. The van der Waals surface area contributed by atoms with E-state index in [-0.39, 0.29) is 11.4 Å². The zero-order valence-electron chi connectivity index (χ0n) is 12.4. The number of ether oxygens (including phenoxy) is 2. The van der Waals surface area contributed by atoms with Gasteiger partial charge in [-0.25, -0.2) is 13.1 Å². The summed E-state index contributed by atoms with van der Waals surface area (Å²) < 4.78 is 38.6. The van der Waals surface area contributed by atoms with E-state index in [0.717, 1.165) is 5.56 Å². The van der Waals surface area contributed by atoms with E-state index in [9.17, 15) is 8.42 Å². The Kier molecular flexibility index (Phi) is 4.88. The number of nitrogens with one attached hydrogen (secondary N) is 1. The summed E-state index contributed by atoms with van der Waals surface area (Å²) >= 11 is 0. The number of hydrogen-bond acceptors (Lipinski definition) is 5. The normalized spacial score (nSPS) is 18.4. The summed E-state index contributed by atoms with van der Waals surface area (Å²) in [5.41, 5.74) is 5.84. The lowest BCUT2D eigenvalue weighted by molar-refractivity contribution is 0.0537. The molecule has 1 aliphatic heterocycles. The summed E-state index contributed by atoms with van der Waals surface area (Å²) in [6.45, 7) is 3.28. The first-order valence-electron chi connectivity index (χ1n) is 6.89. The molecule has 6 nitrogen and oxygen atoms in total. The van der Waals surface area contributed by atoms with Gasteiger partial charge in [0, 0.05) is 25.3 Å². The molecule has 0 spiro atoms. The molecule has 7 heteroatoms. The van der Waals surface area contributed by atoms with E-state index < -0.39 is 15.6 Å². The van der Waals surface area contributed by atoms with Crippen LogP contribution in [0.2, 0.25) is 0 Å². The zero-order chi connectivity index (χ0) is 15.5. The van der Waals surface area contributed by atoms with Gasteiger partial charge in [-0.2, -0.15) is 0 Å². The van der Waals surface area contributed by atoms with Crippen molar-refractivity contribution in [3.63, 3.8) is 0 Å². The quantitative estimate of drug-likeness (QED) is 0.846. The highest BCUT2D eigenvalue weighted by molar-refractivity contribution is 7.89. The van der Waals surface area contributed by atoms with Crippen LogP contribution in [0, 0.1) is 0 Å². The van der Waals surface area contributed by atoms with Gasteiger partial charge >= 0.3 is 0 Å². The van der Waals surface area contributed by atoms with Crippen molar-refractivity contribution in [2.24, 2.45) is 5.73 Å². The number of benzene rings is 1. The molecule has 1 heterocycles. The first kappa shape index (κ1) is 16.2. The van der Waals surface area contributed by atoms with Crippen LogP contribution in [0.5, 0.6) is 5.75 Å². The molecular weight excluding hydrogens is 292 g/mol. The van der Waals surface area contributed by atoms with Gasteiger partial charge in [-0.15, -0.1) is 0 Å². The Morgan fingerprint density at radius 3 is 2.62 bits per heavy atom. The Morgan fingerprint density at radius 1 is 1.38 bits per heavy atom. The van der Waals surface area contributed by atoms with Crippen LogP contribution < -0.4 is 15.2 Å². The highest BCUT2D eigenvalue weighted by Crippen LogP contribution is 2.28. The Labute approximate surface area is 125 Å². The predicted octanol–water partition coefficient (Wildman–Crippen LogP) is 1.00. The molecule has 0 aromatic heterocycles. The maximum absolute atomic E-state index is 12.7. The molecule has 1 fully saturated rings. The number of rotatable bonds is 5. The average molecular weight is 314 g/mol. The van der Waals surface area contributed by atoms with Crippen LogP contribution in [-0.4, -0.2) is 34.3 Å². The summed E-state index contributed by atoms with van der Waals surface area (Å²) in [6, 6.07) is 4.95. The molecule has 2 rings (SSSR count). The number of hydrogen-bond donors (Lipinski definition) is 2. The molecule has 0 bridgehead atoms. The van der Waals surface area contributed by atoms with Gasteiger partial charge in [0.25, 0.3) is 0 Å². The molecule has 3 N–H and O–H groups in total. The van der Waals surface area contributed by atoms with Gasteiger partial charge in [0.15, 0.2) is 0 Å². The first-order valence-corrected chi connectivity index (χ1v) is 8.37. The largest absolute Gasteiger partial charge is 0.495 e. The second-order valence-corrected chi connectivity index (χ2v) is 7.12. The Hall–Kier alpha value is -1.15. The topological polar surface area (TPSA) is 90.7 Å². The van der Waals surface area contributed by atoms with Gasteiger partial charge in [-0.05, 0) is 37.5 Å². The molecule has 0 saturated carbocycles. The van der Waals surface area contributed by atoms with E-state index >= 15 is 0 Å². The summed E-state index contributed by atoms with van der Waals surface area (Å²) in [5.74, 6) is 0.315. The van der Waals surface area contributed by atoms with Crippen LogP contribution >= 0.6 is 0 Å². The summed E-state index contributed by atoms with van der Waals surface area (Å²) in [6.07, 6.45) is 1.29. The van der Waals surface area contributed by atoms with Crippen LogP contribution in [0.15, 0.2) is 23.1 Å². The zero-order valence-corrected chi connectivity index (χ0v) is 13.2. The molecule has 0 atom stereocenters. The molecule has 0 unspecified atom stereocenters. The van der Waals surface area contributed by atoms with Crippen molar-refractivity contribution in [2.75, 3.05) is 20.3 Å². The lowest BCUT2D eigenvalue weighted by Crippen LogP contribution is -2.49. The second-order valence-electron chi connectivity index (χ2n) is 5.47. The van der Waals surface area contributed by atoms with Crippen LogP contribution in [0.1, 0.15) is 25.3 Å². The maximum atomic E-state index is 12.7. The minimum atomic E-state index is -3.68. The molecule has 118 valence electrons. The third kappa shape index (κ3) is 3.74. The van der Waals surface area contributed by atoms with Crippen molar-refractivity contribution in [3.8, 4) is 5.75 Å². The fourth-order valence-corrected chi connectivity index (χ4v) is 4.05. The number of nitrogens with two attached hydrogens (primary N) is 1. The van der Waals surface area contributed by atoms with Gasteiger partial charge < -0.3 is 15.2 Å². The van der Waals surface area contributed by atoms with Gasteiger partial charge in [-0.3, -0.25) is 0 Å². The molecule has 0 radical (unpaired) electrons.